The van der Waals surface area contributed by atoms with Gasteiger partial charge in [-0.05, 0) is 66.5 Å². The second-order valence-electron chi connectivity index (χ2n) is 8.50. The Bertz CT molecular complexity index is 1120. The first-order chi connectivity index (χ1) is 16.4. The van der Waals surface area contributed by atoms with E-state index in [4.69, 9.17) is 9.16 Å². The van der Waals surface area contributed by atoms with Crippen molar-refractivity contribution in [3.63, 3.8) is 0 Å². The van der Waals surface area contributed by atoms with Gasteiger partial charge >= 0.3 is 0 Å². The highest BCUT2D eigenvalue weighted by Gasteiger charge is 2.33. The van der Waals surface area contributed by atoms with Crippen molar-refractivity contribution >= 4 is 45.9 Å². The molecular formula is C24H35BrN2O6SSi. The predicted octanol–water partition coefficient (Wildman–Crippen LogP) is 5.09. The first-order valence-corrected chi connectivity index (χ1v) is 16.8. The molecule has 35 heavy (non-hydrogen) atoms. The number of ether oxygens (including phenoxy) is 1. The summed E-state index contributed by atoms with van der Waals surface area (Å²) in [6.07, 6.45) is 0.504. The highest BCUT2D eigenvalue weighted by Crippen LogP contribution is 2.33. The molecule has 0 heterocycles. The second-order valence-corrected chi connectivity index (χ2v) is 15.9. The maximum Gasteiger partial charge on any atom is 0.258 e. The van der Waals surface area contributed by atoms with Gasteiger partial charge in [0.15, 0.2) is 14.9 Å². The molecule has 2 rings (SSSR count). The molecule has 8 nitrogen and oxygen atoms in total. The summed E-state index contributed by atoms with van der Waals surface area (Å²) in [6, 6.07) is 12.9. The van der Waals surface area contributed by atoms with Crippen LogP contribution in [-0.2, 0) is 19.2 Å². The van der Waals surface area contributed by atoms with Crippen LogP contribution in [0.1, 0.15) is 38.0 Å². The zero-order chi connectivity index (χ0) is 26.2. The van der Waals surface area contributed by atoms with Crippen LogP contribution in [0.25, 0.3) is 0 Å². The van der Waals surface area contributed by atoms with E-state index in [9.17, 15) is 18.3 Å². The number of aryl methyl sites for hydroxylation is 1. The number of amides is 1. The molecule has 11 heteroatoms. The standard InChI is InChI=1S/C24H35BrN2O6SSi/c1-6-35(7-2,8-3)33-23(18-9-11-21(28)20(14-18)27-34(5,30)31)15-26-24(29)16-32-22-12-10-19(25)13-17(22)4/h9-14,23,27-28H,6-8,15-16H2,1-5H3,(H,26,29). The van der Waals surface area contributed by atoms with Gasteiger partial charge in [-0.2, -0.15) is 0 Å². The third-order valence-corrected chi connectivity index (χ3v) is 11.7. The highest BCUT2D eigenvalue weighted by atomic mass is 79.9. The lowest BCUT2D eigenvalue weighted by Crippen LogP contribution is -2.41. The molecule has 1 atom stereocenters. The molecule has 0 saturated heterocycles. The Balaban J connectivity index is 2.21. The molecule has 0 saturated carbocycles. The van der Waals surface area contributed by atoms with Crippen molar-refractivity contribution in [3.05, 3.63) is 52.0 Å². The number of carbonyl (C=O) groups excluding carboxylic acids is 1. The number of anilines is 1. The van der Waals surface area contributed by atoms with Gasteiger partial charge in [-0.1, -0.05) is 42.8 Å². The molecule has 0 aromatic heterocycles. The Morgan fingerprint density at radius 3 is 2.34 bits per heavy atom. The summed E-state index contributed by atoms with van der Waals surface area (Å²) in [5.41, 5.74) is 1.63. The van der Waals surface area contributed by atoms with Gasteiger partial charge in [0.2, 0.25) is 10.0 Å². The van der Waals surface area contributed by atoms with Crippen molar-refractivity contribution in [2.75, 3.05) is 24.1 Å². The molecule has 2 aromatic rings. The van der Waals surface area contributed by atoms with Gasteiger partial charge in [0, 0.05) is 11.0 Å². The van der Waals surface area contributed by atoms with Crippen LogP contribution in [-0.4, -0.2) is 47.2 Å². The molecule has 1 unspecified atom stereocenters. The van der Waals surface area contributed by atoms with Gasteiger partial charge in [-0.15, -0.1) is 0 Å². The fraction of sp³-hybridized carbons (Fsp3) is 0.458. The predicted molar refractivity (Wildman–Crippen MR) is 145 cm³/mol. The third-order valence-electron chi connectivity index (χ3n) is 5.99. The molecule has 194 valence electrons. The minimum absolute atomic E-state index is 0.0655. The monoisotopic (exact) mass is 586 g/mol. The van der Waals surface area contributed by atoms with Gasteiger partial charge in [0.25, 0.3) is 5.91 Å². The molecular weight excluding hydrogens is 552 g/mol. The topological polar surface area (TPSA) is 114 Å². The number of carbonyl (C=O) groups is 1. The summed E-state index contributed by atoms with van der Waals surface area (Å²) in [4.78, 5) is 12.6. The first kappa shape index (κ1) is 29.1. The van der Waals surface area contributed by atoms with Gasteiger partial charge in [0.1, 0.15) is 11.5 Å². The number of sulfonamides is 1. The number of phenols is 1. The van der Waals surface area contributed by atoms with Crippen molar-refractivity contribution < 1.29 is 27.5 Å². The zero-order valence-electron chi connectivity index (χ0n) is 20.9. The minimum atomic E-state index is -3.59. The largest absolute Gasteiger partial charge is 0.506 e. The molecule has 0 fully saturated rings. The second kappa shape index (κ2) is 12.7. The van der Waals surface area contributed by atoms with Crippen LogP contribution in [0.2, 0.25) is 18.1 Å². The van der Waals surface area contributed by atoms with Crippen LogP contribution < -0.4 is 14.8 Å². The smallest absolute Gasteiger partial charge is 0.258 e. The summed E-state index contributed by atoms with van der Waals surface area (Å²) in [7, 11) is -5.67. The van der Waals surface area contributed by atoms with Gasteiger partial charge in [-0.25, -0.2) is 8.42 Å². The first-order valence-electron chi connectivity index (χ1n) is 11.6. The van der Waals surface area contributed by atoms with E-state index in [2.05, 4.69) is 46.7 Å². The average Bonchev–Trinajstić information content (AvgIpc) is 2.80. The van der Waals surface area contributed by atoms with E-state index < -0.39 is 24.4 Å². The van der Waals surface area contributed by atoms with Crippen LogP contribution in [0.5, 0.6) is 11.5 Å². The highest BCUT2D eigenvalue weighted by molar-refractivity contribution is 9.10. The van der Waals surface area contributed by atoms with Crippen LogP contribution in [0.3, 0.4) is 0 Å². The molecule has 0 bridgehead atoms. The van der Waals surface area contributed by atoms with E-state index >= 15 is 0 Å². The SMILES string of the molecule is CC[Si](CC)(CC)OC(CNC(=O)COc1ccc(Br)cc1C)c1ccc(O)c(NS(C)(=O)=O)c1. The average molecular weight is 588 g/mol. The van der Waals surface area contributed by atoms with E-state index in [0.717, 1.165) is 34.4 Å². The quantitative estimate of drug-likeness (QED) is 0.222. The number of hydrogen-bond acceptors (Lipinski definition) is 6. The minimum Gasteiger partial charge on any atom is -0.506 e. The number of halogens is 1. The van der Waals surface area contributed by atoms with Crippen molar-refractivity contribution in [1.29, 1.82) is 0 Å². The van der Waals surface area contributed by atoms with E-state index in [1.54, 1.807) is 18.2 Å². The summed E-state index contributed by atoms with van der Waals surface area (Å²) >= 11 is 3.41. The van der Waals surface area contributed by atoms with Gasteiger partial charge < -0.3 is 19.6 Å². The number of nitrogens with one attached hydrogen (secondary N) is 2. The number of aromatic hydroxyl groups is 1. The van der Waals surface area contributed by atoms with Crippen LogP contribution in [0.4, 0.5) is 5.69 Å². The lowest BCUT2D eigenvalue weighted by Gasteiger charge is -2.34. The van der Waals surface area contributed by atoms with Crippen molar-refractivity contribution in [2.45, 2.75) is 51.9 Å². The van der Waals surface area contributed by atoms with Crippen molar-refractivity contribution in [3.8, 4) is 11.5 Å². The number of hydrogen-bond donors (Lipinski definition) is 3. The Morgan fingerprint density at radius 2 is 1.77 bits per heavy atom. The van der Waals surface area contributed by atoms with E-state index in [1.807, 2.05) is 19.1 Å². The maximum atomic E-state index is 12.6. The molecule has 0 aliphatic heterocycles. The van der Waals surface area contributed by atoms with Crippen LogP contribution in [0.15, 0.2) is 40.9 Å². The van der Waals surface area contributed by atoms with Crippen molar-refractivity contribution in [1.82, 2.24) is 5.32 Å². The summed E-state index contributed by atoms with van der Waals surface area (Å²) in [5.74, 6) is 0.136. The fourth-order valence-corrected chi connectivity index (χ4v) is 7.60. The van der Waals surface area contributed by atoms with Crippen LogP contribution in [0, 0.1) is 6.92 Å². The Morgan fingerprint density at radius 1 is 1.11 bits per heavy atom. The van der Waals surface area contributed by atoms with Gasteiger partial charge in [0.05, 0.1) is 18.0 Å². The van der Waals surface area contributed by atoms with E-state index in [0.29, 0.717) is 11.3 Å². The summed E-state index contributed by atoms with van der Waals surface area (Å²) < 4.78 is 39.0. The fourth-order valence-electron chi connectivity index (χ4n) is 3.74. The van der Waals surface area contributed by atoms with Crippen molar-refractivity contribution in [2.24, 2.45) is 0 Å². The lowest BCUT2D eigenvalue weighted by molar-refractivity contribution is -0.123. The lowest BCUT2D eigenvalue weighted by atomic mass is 10.1. The number of rotatable bonds is 13. The Labute approximate surface area is 217 Å². The van der Waals surface area contributed by atoms with E-state index in [1.165, 1.54) is 6.07 Å². The maximum absolute atomic E-state index is 12.6. The zero-order valence-corrected chi connectivity index (χ0v) is 24.3. The molecule has 0 aliphatic rings. The third kappa shape index (κ3) is 8.82. The molecule has 3 N–H and O–H groups in total. The summed E-state index contributed by atoms with van der Waals surface area (Å²) in [5, 5.41) is 13.0. The van der Waals surface area contributed by atoms with Gasteiger partial charge in [-0.3, -0.25) is 9.52 Å². The molecule has 0 aliphatic carbocycles. The molecule has 0 spiro atoms. The summed E-state index contributed by atoms with van der Waals surface area (Å²) in [6.45, 7) is 8.26. The molecule has 1 amide bonds. The normalized spacial score (nSPS) is 12.7. The van der Waals surface area contributed by atoms with E-state index in [-0.39, 0.29) is 30.5 Å². The number of phenolic OH excluding ortho intramolecular Hbond substituents is 1. The Hall–Kier alpha value is -2.08. The Kier molecular flexibility index (Phi) is 10.6. The molecule has 2 aromatic carbocycles. The van der Waals surface area contributed by atoms with Crippen LogP contribution >= 0.6 is 15.9 Å². The number of benzene rings is 2. The molecule has 0 radical (unpaired) electrons.